The van der Waals surface area contributed by atoms with Crippen molar-refractivity contribution in [1.82, 2.24) is 5.32 Å². The summed E-state index contributed by atoms with van der Waals surface area (Å²) in [6, 6.07) is 7.69. The molecule has 2 N–H and O–H groups in total. The van der Waals surface area contributed by atoms with E-state index in [-0.39, 0.29) is 24.0 Å². The van der Waals surface area contributed by atoms with Crippen molar-refractivity contribution in [2.75, 3.05) is 6.61 Å². The fourth-order valence-electron chi connectivity index (χ4n) is 1.95. The number of hydrogen-bond acceptors (Lipinski definition) is 2. The van der Waals surface area contributed by atoms with Crippen LogP contribution < -0.4 is 5.32 Å². The third-order valence-electron chi connectivity index (χ3n) is 3.00. The molecule has 1 atom stereocenters. The maximum absolute atomic E-state index is 11.9. The van der Waals surface area contributed by atoms with E-state index >= 15 is 0 Å². The molecule has 19 heavy (non-hydrogen) atoms. The summed E-state index contributed by atoms with van der Waals surface area (Å²) >= 11 is 0. The highest BCUT2D eigenvalue weighted by atomic mass is 16.3. The van der Waals surface area contributed by atoms with Gasteiger partial charge in [0.05, 0.1) is 12.6 Å². The summed E-state index contributed by atoms with van der Waals surface area (Å²) in [6.07, 6.45) is 1.44. The number of carbonyl (C=O) groups is 1. The Kier molecular flexibility index (Phi) is 5.55. The van der Waals surface area contributed by atoms with Crippen LogP contribution in [0.2, 0.25) is 0 Å². The van der Waals surface area contributed by atoms with E-state index in [9.17, 15) is 9.90 Å². The van der Waals surface area contributed by atoms with E-state index in [1.54, 1.807) is 0 Å². The summed E-state index contributed by atoms with van der Waals surface area (Å²) in [5.41, 5.74) is 2.15. The van der Waals surface area contributed by atoms with Gasteiger partial charge in [-0.2, -0.15) is 0 Å². The molecule has 106 valence electrons. The Morgan fingerprint density at radius 1 is 1.26 bits per heavy atom. The molecule has 0 spiro atoms. The predicted octanol–water partition coefficient (Wildman–Crippen LogP) is 2.83. The van der Waals surface area contributed by atoms with Gasteiger partial charge in [-0.05, 0) is 23.0 Å². The molecule has 0 saturated heterocycles. The van der Waals surface area contributed by atoms with E-state index < -0.39 is 0 Å². The smallest absolute Gasteiger partial charge is 0.221 e. The lowest BCUT2D eigenvalue weighted by Crippen LogP contribution is -2.33. The van der Waals surface area contributed by atoms with Crippen molar-refractivity contribution in [3.8, 4) is 0 Å². The van der Waals surface area contributed by atoms with Gasteiger partial charge in [-0.3, -0.25) is 4.79 Å². The number of amides is 1. The average Bonchev–Trinajstić information content (AvgIpc) is 2.34. The zero-order valence-electron chi connectivity index (χ0n) is 12.4. The Hall–Kier alpha value is -1.35. The number of benzene rings is 1. The van der Waals surface area contributed by atoms with Crippen LogP contribution >= 0.6 is 0 Å². The number of nitrogens with one attached hydrogen (secondary N) is 1. The molecule has 0 aromatic heterocycles. The van der Waals surface area contributed by atoms with Crippen molar-refractivity contribution < 1.29 is 9.90 Å². The number of aliphatic hydroxyl groups excluding tert-OH is 1. The zero-order chi connectivity index (χ0) is 14.5. The first-order chi connectivity index (χ1) is 8.85. The second-order valence-corrected chi connectivity index (χ2v) is 6.14. The van der Waals surface area contributed by atoms with Gasteiger partial charge in [0.15, 0.2) is 0 Å². The van der Waals surface area contributed by atoms with E-state index in [1.165, 1.54) is 5.56 Å². The van der Waals surface area contributed by atoms with Crippen molar-refractivity contribution in [3.63, 3.8) is 0 Å². The first kappa shape index (κ1) is 15.7. The largest absolute Gasteiger partial charge is 0.394 e. The van der Waals surface area contributed by atoms with Crippen molar-refractivity contribution in [3.05, 3.63) is 35.4 Å². The van der Waals surface area contributed by atoms with Gasteiger partial charge in [0.25, 0.3) is 0 Å². The molecule has 1 amide bonds. The van der Waals surface area contributed by atoms with Gasteiger partial charge in [-0.1, -0.05) is 52.0 Å². The molecule has 0 aliphatic carbocycles. The molecule has 0 aliphatic heterocycles. The molecule has 3 heteroatoms. The Morgan fingerprint density at radius 3 is 2.26 bits per heavy atom. The fourth-order valence-corrected chi connectivity index (χ4v) is 1.95. The third-order valence-corrected chi connectivity index (χ3v) is 3.00. The Morgan fingerprint density at radius 2 is 1.84 bits per heavy atom. The first-order valence-electron chi connectivity index (χ1n) is 6.85. The standard InChI is InChI=1S/C16H25NO2/c1-5-12-6-8-13(9-7-12)14(11-18)17-15(19)10-16(2,3)4/h6-9,14,18H,5,10-11H2,1-4H3,(H,17,19). The molecular formula is C16H25NO2. The topological polar surface area (TPSA) is 49.3 Å². The third kappa shape index (κ3) is 5.43. The highest BCUT2D eigenvalue weighted by Gasteiger charge is 2.19. The van der Waals surface area contributed by atoms with Crippen LogP contribution in [0.15, 0.2) is 24.3 Å². The summed E-state index contributed by atoms with van der Waals surface area (Å²) in [6.45, 7) is 8.09. The Balaban J connectivity index is 2.69. The molecule has 1 unspecified atom stereocenters. The van der Waals surface area contributed by atoms with E-state index in [4.69, 9.17) is 0 Å². The van der Waals surface area contributed by atoms with E-state index in [1.807, 2.05) is 45.0 Å². The van der Waals surface area contributed by atoms with Gasteiger partial charge in [0.1, 0.15) is 0 Å². The van der Waals surface area contributed by atoms with Crippen molar-refractivity contribution >= 4 is 5.91 Å². The second-order valence-electron chi connectivity index (χ2n) is 6.14. The molecule has 0 fully saturated rings. The number of aliphatic hydroxyl groups is 1. The van der Waals surface area contributed by atoms with E-state index in [0.29, 0.717) is 6.42 Å². The van der Waals surface area contributed by atoms with Gasteiger partial charge in [-0.25, -0.2) is 0 Å². The van der Waals surface area contributed by atoms with Gasteiger partial charge in [0, 0.05) is 6.42 Å². The molecule has 3 nitrogen and oxygen atoms in total. The van der Waals surface area contributed by atoms with Crippen LogP contribution in [0.25, 0.3) is 0 Å². The van der Waals surface area contributed by atoms with Crippen LogP contribution in [0.4, 0.5) is 0 Å². The molecule has 1 aromatic carbocycles. The molecular weight excluding hydrogens is 238 g/mol. The van der Waals surface area contributed by atoms with Gasteiger partial charge < -0.3 is 10.4 Å². The van der Waals surface area contributed by atoms with Crippen molar-refractivity contribution in [1.29, 1.82) is 0 Å². The van der Waals surface area contributed by atoms with Crippen molar-refractivity contribution in [2.24, 2.45) is 5.41 Å². The molecule has 0 heterocycles. The zero-order valence-corrected chi connectivity index (χ0v) is 12.4. The predicted molar refractivity (Wildman–Crippen MR) is 77.9 cm³/mol. The van der Waals surface area contributed by atoms with Crippen LogP contribution in [0.3, 0.4) is 0 Å². The summed E-state index contributed by atoms with van der Waals surface area (Å²) in [7, 11) is 0. The first-order valence-corrected chi connectivity index (χ1v) is 6.85. The number of hydrogen-bond donors (Lipinski definition) is 2. The quantitative estimate of drug-likeness (QED) is 0.858. The molecule has 0 aliphatic rings. The maximum Gasteiger partial charge on any atom is 0.221 e. The van der Waals surface area contributed by atoms with Crippen LogP contribution in [0.5, 0.6) is 0 Å². The Labute approximate surface area is 116 Å². The number of aryl methyl sites for hydroxylation is 1. The lowest BCUT2D eigenvalue weighted by atomic mass is 9.91. The van der Waals surface area contributed by atoms with E-state index in [0.717, 1.165) is 12.0 Å². The normalized spacial score (nSPS) is 13.1. The lowest BCUT2D eigenvalue weighted by molar-refractivity contribution is -0.123. The summed E-state index contributed by atoms with van der Waals surface area (Å²) in [5, 5.41) is 12.3. The minimum Gasteiger partial charge on any atom is -0.394 e. The summed E-state index contributed by atoms with van der Waals surface area (Å²) < 4.78 is 0. The molecule has 1 rings (SSSR count). The minimum absolute atomic E-state index is 0.0221. The Bertz CT molecular complexity index is 404. The maximum atomic E-state index is 11.9. The van der Waals surface area contributed by atoms with Gasteiger partial charge >= 0.3 is 0 Å². The SMILES string of the molecule is CCc1ccc(C(CO)NC(=O)CC(C)(C)C)cc1. The van der Waals surface area contributed by atoms with Crippen LogP contribution in [-0.4, -0.2) is 17.6 Å². The molecule has 0 saturated carbocycles. The van der Waals surface area contributed by atoms with Crippen LogP contribution in [0, 0.1) is 5.41 Å². The molecule has 1 aromatic rings. The van der Waals surface area contributed by atoms with Gasteiger partial charge in [0.2, 0.25) is 5.91 Å². The minimum atomic E-state index is -0.319. The number of carbonyl (C=O) groups excluding carboxylic acids is 1. The highest BCUT2D eigenvalue weighted by Crippen LogP contribution is 2.20. The number of rotatable bonds is 5. The average molecular weight is 263 g/mol. The van der Waals surface area contributed by atoms with Gasteiger partial charge in [-0.15, -0.1) is 0 Å². The fraction of sp³-hybridized carbons (Fsp3) is 0.562. The second kappa shape index (κ2) is 6.71. The van der Waals surface area contributed by atoms with Crippen LogP contribution in [0.1, 0.15) is 51.3 Å². The van der Waals surface area contributed by atoms with Crippen molar-refractivity contribution in [2.45, 2.75) is 46.6 Å². The molecule has 0 radical (unpaired) electrons. The monoisotopic (exact) mass is 263 g/mol. The summed E-state index contributed by atoms with van der Waals surface area (Å²) in [5.74, 6) is -0.0221. The highest BCUT2D eigenvalue weighted by molar-refractivity contribution is 5.77. The van der Waals surface area contributed by atoms with Crippen LogP contribution in [-0.2, 0) is 11.2 Å². The van der Waals surface area contributed by atoms with E-state index in [2.05, 4.69) is 12.2 Å². The summed E-state index contributed by atoms with van der Waals surface area (Å²) in [4.78, 5) is 11.9. The lowest BCUT2D eigenvalue weighted by Gasteiger charge is -2.21. The molecule has 0 bridgehead atoms.